The second-order valence-corrected chi connectivity index (χ2v) is 5.14. The molecule has 4 heteroatoms. The van der Waals surface area contributed by atoms with Gasteiger partial charge in [0, 0.05) is 11.1 Å². The van der Waals surface area contributed by atoms with Crippen molar-refractivity contribution in [1.82, 2.24) is 10.2 Å². The molecule has 1 aromatic carbocycles. The van der Waals surface area contributed by atoms with E-state index in [9.17, 15) is 5.26 Å². The molecule has 96 valence electrons. The maximum absolute atomic E-state index is 9.39. The molecule has 19 heavy (non-hydrogen) atoms. The quantitative estimate of drug-likeness (QED) is 0.824. The molecule has 0 N–H and O–H groups in total. The van der Waals surface area contributed by atoms with E-state index in [4.69, 9.17) is 4.74 Å². The van der Waals surface area contributed by atoms with E-state index in [1.165, 1.54) is 0 Å². The van der Waals surface area contributed by atoms with Crippen LogP contribution in [0.25, 0.3) is 11.1 Å². The van der Waals surface area contributed by atoms with Crippen molar-refractivity contribution in [2.24, 2.45) is 0 Å². The summed E-state index contributed by atoms with van der Waals surface area (Å²) in [6.45, 7) is 5.86. The fraction of sp³-hybridized carbons (Fsp3) is 0.267. The largest absolute Gasteiger partial charge is 0.487 e. The molecule has 4 nitrogen and oxygen atoms in total. The fourth-order valence-corrected chi connectivity index (χ4v) is 1.75. The Balaban J connectivity index is 2.53. The third-order valence-corrected chi connectivity index (χ3v) is 2.45. The van der Waals surface area contributed by atoms with E-state index in [-0.39, 0.29) is 5.60 Å². The molecule has 0 saturated carbocycles. The van der Waals surface area contributed by atoms with Gasteiger partial charge in [-0.1, -0.05) is 12.1 Å². The zero-order valence-electron chi connectivity index (χ0n) is 11.2. The molecular weight excluding hydrogens is 238 g/mol. The molecule has 2 rings (SSSR count). The predicted octanol–water partition coefficient (Wildman–Crippen LogP) is 3.19. The van der Waals surface area contributed by atoms with Crippen molar-refractivity contribution in [3.8, 4) is 22.9 Å². The van der Waals surface area contributed by atoms with Crippen LogP contribution in [0, 0.1) is 11.3 Å². The SMILES string of the molecule is CC(C)(C)Oc1cccc(-c2ccnnc2)c1C#N. The predicted molar refractivity (Wildman–Crippen MR) is 72.6 cm³/mol. The average Bonchev–Trinajstić information content (AvgIpc) is 2.37. The van der Waals surface area contributed by atoms with Crippen molar-refractivity contribution in [1.29, 1.82) is 5.26 Å². The lowest BCUT2D eigenvalue weighted by atomic mass is 10.0. The number of nitriles is 1. The van der Waals surface area contributed by atoms with Gasteiger partial charge in [0.25, 0.3) is 0 Å². The zero-order valence-corrected chi connectivity index (χ0v) is 11.2. The molecule has 1 aromatic heterocycles. The van der Waals surface area contributed by atoms with Crippen molar-refractivity contribution >= 4 is 0 Å². The third kappa shape index (κ3) is 3.08. The van der Waals surface area contributed by atoms with Gasteiger partial charge >= 0.3 is 0 Å². The number of hydrogen-bond donors (Lipinski definition) is 0. The number of aromatic nitrogens is 2. The van der Waals surface area contributed by atoms with Crippen LogP contribution in [0.4, 0.5) is 0 Å². The number of ether oxygens (including phenoxy) is 1. The normalized spacial score (nSPS) is 10.8. The molecule has 1 heterocycles. The van der Waals surface area contributed by atoms with E-state index in [1.807, 2.05) is 45.0 Å². The van der Waals surface area contributed by atoms with Crippen molar-refractivity contribution in [3.05, 3.63) is 42.2 Å². The summed E-state index contributed by atoms with van der Waals surface area (Å²) in [5, 5.41) is 17.0. The van der Waals surface area contributed by atoms with E-state index >= 15 is 0 Å². The summed E-state index contributed by atoms with van der Waals surface area (Å²) in [7, 11) is 0. The number of nitrogens with zero attached hydrogens (tertiary/aromatic N) is 3. The maximum atomic E-state index is 9.39. The molecule has 0 aliphatic carbocycles. The average molecular weight is 253 g/mol. The Labute approximate surface area is 112 Å². The van der Waals surface area contributed by atoms with Gasteiger partial charge in [-0.15, -0.1) is 0 Å². The van der Waals surface area contributed by atoms with Crippen LogP contribution in [0.5, 0.6) is 5.75 Å². The summed E-state index contributed by atoms with van der Waals surface area (Å²) >= 11 is 0. The highest BCUT2D eigenvalue weighted by atomic mass is 16.5. The second kappa shape index (κ2) is 5.07. The Kier molecular flexibility index (Phi) is 3.48. The van der Waals surface area contributed by atoms with Gasteiger partial charge in [-0.2, -0.15) is 15.5 Å². The van der Waals surface area contributed by atoms with E-state index in [0.717, 1.165) is 11.1 Å². The molecule has 0 bridgehead atoms. The van der Waals surface area contributed by atoms with Crippen LogP contribution in [-0.4, -0.2) is 15.8 Å². The molecular formula is C15H15N3O. The zero-order chi connectivity index (χ0) is 13.9. The van der Waals surface area contributed by atoms with Gasteiger partial charge in [0.15, 0.2) is 0 Å². The first kappa shape index (κ1) is 13.0. The standard InChI is InChI=1S/C15H15N3O/c1-15(2,3)19-14-6-4-5-12(13(14)9-16)11-7-8-17-18-10-11/h4-8,10H,1-3H3. The first-order chi connectivity index (χ1) is 9.01. The third-order valence-electron chi connectivity index (χ3n) is 2.45. The van der Waals surface area contributed by atoms with Gasteiger partial charge in [-0.05, 0) is 32.9 Å². The summed E-state index contributed by atoms with van der Waals surface area (Å²) < 4.78 is 5.83. The van der Waals surface area contributed by atoms with Gasteiger partial charge in [0.1, 0.15) is 23.0 Å². The number of benzene rings is 1. The van der Waals surface area contributed by atoms with Crippen LogP contribution in [0.15, 0.2) is 36.7 Å². The Hall–Kier alpha value is -2.41. The van der Waals surface area contributed by atoms with Crippen LogP contribution >= 0.6 is 0 Å². The minimum Gasteiger partial charge on any atom is -0.487 e. The molecule has 0 fully saturated rings. The van der Waals surface area contributed by atoms with E-state index < -0.39 is 0 Å². The molecule has 0 atom stereocenters. The molecule has 0 aliphatic rings. The minimum atomic E-state index is -0.347. The smallest absolute Gasteiger partial charge is 0.138 e. The summed E-state index contributed by atoms with van der Waals surface area (Å²) in [5.41, 5.74) is 1.83. The monoisotopic (exact) mass is 253 g/mol. The highest BCUT2D eigenvalue weighted by molar-refractivity contribution is 5.72. The van der Waals surface area contributed by atoms with Gasteiger partial charge in [-0.25, -0.2) is 0 Å². The summed E-state index contributed by atoms with van der Waals surface area (Å²) in [6, 6.07) is 9.60. The lowest BCUT2D eigenvalue weighted by molar-refractivity contribution is 0.130. The molecule has 0 saturated heterocycles. The summed E-state index contributed by atoms with van der Waals surface area (Å²) in [5.74, 6) is 0.587. The Morgan fingerprint density at radius 1 is 1.16 bits per heavy atom. The Morgan fingerprint density at radius 2 is 1.95 bits per heavy atom. The lowest BCUT2D eigenvalue weighted by Gasteiger charge is -2.22. The van der Waals surface area contributed by atoms with Crippen molar-refractivity contribution in [3.63, 3.8) is 0 Å². The molecule has 0 amide bonds. The second-order valence-electron chi connectivity index (χ2n) is 5.14. The molecule has 0 radical (unpaired) electrons. The minimum absolute atomic E-state index is 0.347. The molecule has 2 aromatic rings. The summed E-state index contributed by atoms with van der Waals surface area (Å²) in [6.07, 6.45) is 3.24. The van der Waals surface area contributed by atoms with Gasteiger partial charge < -0.3 is 4.74 Å². The highest BCUT2D eigenvalue weighted by Gasteiger charge is 2.17. The van der Waals surface area contributed by atoms with Crippen LogP contribution in [0.1, 0.15) is 26.3 Å². The van der Waals surface area contributed by atoms with Crippen molar-refractivity contribution in [2.75, 3.05) is 0 Å². The van der Waals surface area contributed by atoms with Crippen molar-refractivity contribution < 1.29 is 4.74 Å². The molecule has 0 aliphatic heterocycles. The van der Waals surface area contributed by atoms with Gasteiger partial charge in [0.05, 0.1) is 12.4 Å². The number of hydrogen-bond acceptors (Lipinski definition) is 4. The lowest BCUT2D eigenvalue weighted by Crippen LogP contribution is -2.23. The molecule has 0 spiro atoms. The Morgan fingerprint density at radius 3 is 2.53 bits per heavy atom. The van der Waals surface area contributed by atoms with E-state index in [1.54, 1.807) is 12.4 Å². The topological polar surface area (TPSA) is 58.8 Å². The fourth-order valence-electron chi connectivity index (χ4n) is 1.75. The first-order valence-electron chi connectivity index (χ1n) is 6.00. The van der Waals surface area contributed by atoms with Crippen LogP contribution in [0.2, 0.25) is 0 Å². The number of rotatable bonds is 2. The Bertz CT molecular complexity index is 610. The maximum Gasteiger partial charge on any atom is 0.138 e. The van der Waals surface area contributed by atoms with Gasteiger partial charge in [-0.3, -0.25) is 0 Å². The van der Waals surface area contributed by atoms with Gasteiger partial charge in [0.2, 0.25) is 0 Å². The van der Waals surface area contributed by atoms with Crippen LogP contribution < -0.4 is 4.74 Å². The van der Waals surface area contributed by atoms with E-state index in [0.29, 0.717) is 11.3 Å². The summed E-state index contributed by atoms with van der Waals surface area (Å²) in [4.78, 5) is 0. The first-order valence-corrected chi connectivity index (χ1v) is 6.00. The van der Waals surface area contributed by atoms with Crippen molar-refractivity contribution in [2.45, 2.75) is 26.4 Å². The van der Waals surface area contributed by atoms with E-state index in [2.05, 4.69) is 16.3 Å². The highest BCUT2D eigenvalue weighted by Crippen LogP contribution is 2.31. The van der Waals surface area contributed by atoms with Crippen LogP contribution in [0.3, 0.4) is 0 Å². The molecule has 0 unspecified atom stereocenters. The van der Waals surface area contributed by atoms with Crippen LogP contribution in [-0.2, 0) is 0 Å².